The molecule has 0 radical (unpaired) electrons. The number of benzene rings is 1. The van der Waals surface area contributed by atoms with E-state index in [1.807, 2.05) is 18.2 Å². The van der Waals surface area contributed by atoms with E-state index in [-0.39, 0.29) is 0 Å². The highest BCUT2D eigenvalue weighted by Gasteiger charge is 2.13. The third-order valence-corrected chi connectivity index (χ3v) is 2.29. The van der Waals surface area contributed by atoms with Crippen LogP contribution in [0.2, 0.25) is 0 Å². The Morgan fingerprint density at radius 1 is 1.36 bits per heavy atom. The van der Waals surface area contributed by atoms with Crippen LogP contribution in [0.25, 0.3) is 10.9 Å². The Hall–Kier alpha value is -1.84. The van der Waals surface area contributed by atoms with Gasteiger partial charge >= 0.3 is 0 Å². The smallest absolute Gasteiger partial charge is 0.218 e. The normalized spacial score (nSPS) is 15.6. The van der Waals surface area contributed by atoms with Gasteiger partial charge < -0.3 is 4.74 Å². The molecule has 0 amide bonds. The van der Waals surface area contributed by atoms with E-state index in [2.05, 4.69) is 15.2 Å². The molecule has 1 N–H and O–H groups in total. The van der Waals surface area contributed by atoms with Crippen LogP contribution in [0.1, 0.15) is 5.56 Å². The van der Waals surface area contributed by atoms with Crippen LogP contribution in [0.15, 0.2) is 29.4 Å². The van der Waals surface area contributed by atoms with Crippen LogP contribution in [0, 0.1) is 0 Å². The zero-order valence-electron chi connectivity index (χ0n) is 7.53. The summed E-state index contributed by atoms with van der Waals surface area (Å²) in [6.07, 6.45) is 1.80. The minimum atomic E-state index is 0.680. The Labute approximate surface area is 80.6 Å². The average Bonchev–Trinajstić information content (AvgIpc) is 2.88. The average molecular weight is 187 g/mol. The molecule has 14 heavy (non-hydrogen) atoms. The molecule has 1 aliphatic rings. The first-order chi connectivity index (χ1) is 6.95. The summed E-state index contributed by atoms with van der Waals surface area (Å²) in [4.78, 5) is 4.28. The fourth-order valence-corrected chi connectivity index (χ4v) is 1.65. The van der Waals surface area contributed by atoms with Crippen molar-refractivity contribution in [3.05, 3.63) is 30.0 Å². The van der Waals surface area contributed by atoms with Gasteiger partial charge in [0.05, 0.1) is 23.8 Å². The van der Waals surface area contributed by atoms with Gasteiger partial charge in [-0.2, -0.15) is 5.10 Å². The third kappa shape index (κ3) is 1.00. The summed E-state index contributed by atoms with van der Waals surface area (Å²) in [6.45, 7) is 1.43. The van der Waals surface area contributed by atoms with Gasteiger partial charge in [0.25, 0.3) is 0 Å². The van der Waals surface area contributed by atoms with Gasteiger partial charge in [0.15, 0.2) is 0 Å². The predicted octanol–water partition coefficient (Wildman–Crippen LogP) is 1.34. The number of para-hydroxylation sites is 1. The molecule has 2 aromatic rings. The highest BCUT2D eigenvalue weighted by molar-refractivity contribution is 6.05. The fourth-order valence-electron chi connectivity index (χ4n) is 1.65. The van der Waals surface area contributed by atoms with Crippen molar-refractivity contribution in [2.45, 2.75) is 0 Å². The molecule has 4 nitrogen and oxygen atoms in total. The lowest BCUT2D eigenvalue weighted by atomic mass is 10.1. The molecule has 0 saturated carbocycles. The zero-order chi connectivity index (χ0) is 9.38. The van der Waals surface area contributed by atoms with Crippen molar-refractivity contribution in [1.82, 2.24) is 10.2 Å². The molecule has 0 unspecified atom stereocenters. The van der Waals surface area contributed by atoms with Crippen molar-refractivity contribution >= 4 is 16.8 Å². The molecule has 0 spiro atoms. The van der Waals surface area contributed by atoms with Gasteiger partial charge in [0, 0.05) is 5.39 Å². The zero-order valence-corrected chi connectivity index (χ0v) is 7.53. The van der Waals surface area contributed by atoms with Crippen LogP contribution < -0.4 is 0 Å². The molecule has 0 atom stereocenters. The van der Waals surface area contributed by atoms with Crippen molar-refractivity contribution in [3.8, 4) is 0 Å². The van der Waals surface area contributed by atoms with E-state index in [1.54, 1.807) is 6.20 Å². The molecule has 70 valence electrons. The number of nitrogens with zero attached hydrogens (tertiary/aromatic N) is 2. The highest BCUT2D eigenvalue weighted by atomic mass is 16.5. The number of aromatic amines is 1. The number of aliphatic imine (C=N–C) groups is 1. The number of ether oxygens (including phenoxy) is 1. The van der Waals surface area contributed by atoms with Crippen LogP contribution in [0.3, 0.4) is 0 Å². The molecule has 0 fully saturated rings. The van der Waals surface area contributed by atoms with Gasteiger partial charge in [-0.3, -0.25) is 5.10 Å². The Morgan fingerprint density at radius 2 is 2.36 bits per heavy atom. The summed E-state index contributed by atoms with van der Waals surface area (Å²) in [5, 5.41) is 8.04. The van der Waals surface area contributed by atoms with Gasteiger partial charge in [0.1, 0.15) is 6.61 Å². The predicted molar refractivity (Wildman–Crippen MR) is 53.4 cm³/mol. The number of H-pyrrole nitrogens is 1. The molecule has 1 aromatic heterocycles. The summed E-state index contributed by atoms with van der Waals surface area (Å²) in [5.74, 6) is 0.722. The quantitative estimate of drug-likeness (QED) is 0.732. The Bertz CT molecular complexity index is 501. The largest absolute Gasteiger partial charge is 0.475 e. The van der Waals surface area contributed by atoms with E-state index in [0.717, 1.165) is 28.9 Å². The Balaban J connectivity index is 2.24. The second kappa shape index (κ2) is 2.83. The Kier molecular flexibility index (Phi) is 1.53. The molecule has 1 aromatic carbocycles. The summed E-state index contributed by atoms with van der Waals surface area (Å²) in [5.41, 5.74) is 1.99. The topological polar surface area (TPSA) is 50.3 Å². The molecule has 4 heteroatoms. The highest BCUT2D eigenvalue weighted by Crippen LogP contribution is 2.18. The lowest BCUT2D eigenvalue weighted by Gasteiger charge is -2.01. The second-order valence-electron chi connectivity index (χ2n) is 3.18. The summed E-state index contributed by atoms with van der Waals surface area (Å²) >= 11 is 0. The minimum absolute atomic E-state index is 0.680. The molecule has 0 saturated heterocycles. The van der Waals surface area contributed by atoms with E-state index in [0.29, 0.717) is 6.61 Å². The van der Waals surface area contributed by atoms with Crippen LogP contribution >= 0.6 is 0 Å². The summed E-state index contributed by atoms with van der Waals surface area (Å²) < 4.78 is 5.42. The van der Waals surface area contributed by atoms with Crippen molar-refractivity contribution in [2.24, 2.45) is 4.99 Å². The molecular formula is C10H9N3O. The van der Waals surface area contributed by atoms with E-state index in [9.17, 15) is 0 Å². The van der Waals surface area contributed by atoms with Crippen molar-refractivity contribution < 1.29 is 4.74 Å². The number of fused-ring (bicyclic) bond motifs is 1. The minimum Gasteiger partial charge on any atom is -0.475 e. The van der Waals surface area contributed by atoms with Crippen molar-refractivity contribution in [3.63, 3.8) is 0 Å². The fraction of sp³-hybridized carbons (Fsp3) is 0.200. The van der Waals surface area contributed by atoms with Crippen LogP contribution in [0.4, 0.5) is 0 Å². The first kappa shape index (κ1) is 7.55. The van der Waals surface area contributed by atoms with Crippen LogP contribution in [-0.4, -0.2) is 29.2 Å². The Morgan fingerprint density at radius 3 is 3.21 bits per heavy atom. The van der Waals surface area contributed by atoms with Gasteiger partial charge in [0.2, 0.25) is 5.90 Å². The first-order valence-electron chi connectivity index (χ1n) is 4.55. The number of aromatic nitrogens is 2. The third-order valence-electron chi connectivity index (χ3n) is 2.29. The van der Waals surface area contributed by atoms with Crippen molar-refractivity contribution in [1.29, 1.82) is 0 Å². The van der Waals surface area contributed by atoms with Gasteiger partial charge in [-0.05, 0) is 6.07 Å². The van der Waals surface area contributed by atoms with E-state index >= 15 is 0 Å². The standard InChI is InChI=1S/C10H9N3O/c1-2-7-6-12-13-9(7)8(3-1)10-11-4-5-14-10/h1-3,6H,4-5H2,(H,12,13). The van der Waals surface area contributed by atoms with Crippen LogP contribution in [-0.2, 0) is 4.74 Å². The molecule has 3 rings (SSSR count). The summed E-state index contributed by atoms with van der Waals surface area (Å²) in [7, 11) is 0. The van der Waals surface area contributed by atoms with Gasteiger partial charge in [-0.1, -0.05) is 12.1 Å². The van der Waals surface area contributed by atoms with E-state index < -0.39 is 0 Å². The number of hydrogen-bond donors (Lipinski definition) is 1. The second-order valence-corrected chi connectivity index (χ2v) is 3.18. The maximum Gasteiger partial charge on any atom is 0.218 e. The maximum absolute atomic E-state index is 5.42. The molecule has 2 heterocycles. The SMILES string of the molecule is c1cc(C2=NCCO2)c2[nH]ncc2c1. The number of nitrogens with one attached hydrogen (secondary N) is 1. The van der Waals surface area contributed by atoms with Crippen molar-refractivity contribution in [2.75, 3.05) is 13.2 Å². The lowest BCUT2D eigenvalue weighted by molar-refractivity contribution is 0.348. The molecule has 0 bridgehead atoms. The summed E-state index contributed by atoms with van der Waals surface area (Å²) in [6, 6.07) is 5.99. The first-order valence-corrected chi connectivity index (χ1v) is 4.55. The van der Waals surface area contributed by atoms with E-state index in [4.69, 9.17) is 4.74 Å². The molecule has 1 aliphatic heterocycles. The van der Waals surface area contributed by atoms with Gasteiger partial charge in [-0.15, -0.1) is 0 Å². The van der Waals surface area contributed by atoms with E-state index in [1.165, 1.54) is 0 Å². The maximum atomic E-state index is 5.42. The monoisotopic (exact) mass is 187 g/mol. The lowest BCUT2D eigenvalue weighted by Crippen LogP contribution is -2.01. The number of rotatable bonds is 1. The molecular weight excluding hydrogens is 178 g/mol. The molecule has 0 aliphatic carbocycles. The number of hydrogen-bond acceptors (Lipinski definition) is 3. The van der Waals surface area contributed by atoms with Crippen LogP contribution in [0.5, 0.6) is 0 Å². The van der Waals surface area contributed by atoms with Gasteiger partial charge in [-0.25, -0.2) is 4.99 Å².